The summed E-state index contributed by atoms with van der Waals surface area (Å²) in [5.41, 5.74) is 5.24. The average Bonchev–Trinajstić information content (AvgIpc) is 2.03. The normalized spacial score (nSPS) is 9.62. The fourth-order valence-electron chi connectivity index (χ4n) is 0.940. The zero-order chi connectivity index (χ0) is 10.0. The molecule has 0 unspecified atom stereocenters. The van der Waals surface area contributed by atoms with Crippen molar-refractivity contribution in [1.29, 1.82) is 0 Å². The Morgan fingerprint density at radius 1 is 1.54 bits per heavy atom. The van der Waals surface area contributed by atoms with Gasteiger partial charge in [-0.25, -0.2) is 4.79 Å². The highest BCUT2D eigenvalue weighted by Gasteiger charge is 2.14. The van der Waals surface area contributed by atoms with Crippen molar-refractivity contribution in [1.82, 2.24) is 4.98 Å². The maximum absolute atomic E-state index is 10.9. The van der Waals surface area contributed by atoms with Crippen LogP contribution in [0, 0.1) is 0 Å². The lowest BCUT2D eigenvalue weighted by atomic mass is 10.1. The Morgan fingerprint density at radius 3 is 2.62 bits per heavy atom. The standard InChI is InChI=1S/C8H8N2O3/c1-4(11)7-6(9)5(8(12)13)2-3-10-7/h2-3H,9H2,1H3,(H,12,13). The zero-order valence-corrected chi connectivity index (χ0v) is 6.94. The molecule has 0 aliphatic carbocycles. The van der Waals surface area contributed by atoms with Gasteiger partial charge in [-0.15, -0.1) is 0 Å². The van der Waals surface area contributed by atoms with Gasteiger partial charge in [-0.1, -0.05) is 0 Å². The van der Waals surface area contributed by atoms with E-state index in [1.807, 2.05) is 0 Å². The number of aromatic carboxylic acids is 1. The number of carboxylic acids is 1. The van der Waals surface area contributed by atoms with Crippen molar-refractivity contribution in [3.05, 3.63) is 23.5 Å². The number of carbonyl (C=O) groups excluding carboxylic acids is 1. The van der Waals surface area contributed by atoms with Crippen molar-refractivity contribution in [2.24, 2.45) is 0 Å². The molecule has 0 saturated carbocycles. The maximum atomic E-state index is 10.9. The van der Waals surface area contributed by atoms with Gasteiger partial charge in [-0.05, 0) is 6.07 Å². The third kappa shape index (κ3) is 1.64. The summed E-state index contributed by atoms with van der Waals surface area (Å²) >= 11 is 0. The molecule has 0 spiro atoms. The summed E-state index contributed by atoms with van der Waals surface area (Å²) in [7, 11) is 0. The molecule has 1 heterocycles. The molecule has 0 radical (unpaired) electrons. The second-order valence-electron chi connectivity index (χ2n) is 2.48. The SMILES string of the molecule is CC(=O)c1nccc(C(=O)O)c1N. The first kappa shape index (κ1) is 9.18. The van der Waals surface area contributed by atoms with Crippen LogP contribution in [0.25, 0.3) is 0 Å². The third-order valence-corrected chi connectivity index (χ3v) is 1.55. The highest BCUT2D eigenvalue weighted by molar-refractivity contribution is 6.03. The Bertz CT molecular complexity index is 341. The molecule has 1 rings (SSSR count). The van der Waals surface area contributed by atoms with Gasteiger partial charge < -0.3 is 10.8 Å². The van der Waals surface area contributed by atoms with Crippen molar-refractivity contribution in [3.8, 4) is 0 Å². The molecule has 0 amide bonds. The Labute approximate surface area is 74.2 Å². The third-order valence-electron chi connectivity index (χ3n) is 1.55. The molecule has 1 aromatic heterocycles. The van der Waals surface area contributed by atoms with Crippen molar-refractivity contribution < 1.29 is 14.7 Å². The number of rotatable bonds is 2. The van der Waals surface area contributed by atoms with Crippen LogP contribution in [-0.4, -0.2) is 21.8 Å². The molecule has 13 heavy (non-hydrogen) atoms. The molecule has 0 aromatic carbocycles. The number of pyridine rings is 1. The number of carboxylic acid groups (broad SMARTS) is 1. The first-order chi connectivity index (χ1) is 6.04. The van der Waals surface area contributed by atoms with Gasteiger partial charge in [-0.3, -0.25) is 9.78 Å². The van der Waals surface area contributed by atoms with E-state index in [9.17, 15) is 9.59 Å². The number of aromatic nitrogens is 1. The molecule has 0 aliphatic rings. The van der Waals surface area contributed by atoms with Gasteiger partial charge in [0.25, 0.3) is 0 Å². The predicted molar refractivity (Wildman–Crippen MR) is 45.6 cm³/mol. The number of hydrogen-bond donors (Lipinski definition) is 2. The van der Waals surface area contributed by atoms with E-state index in [1.165, 1.54) is 19.2 Å². The minimum absolute atomic E-state index is 0.0000926. The second-order valence-corrected chi connectivity index (χ2v) is 2.48. The Hall–Kier alpha value is -1.91. The van der Waals surface area contributed by atoms with Crippen LogP contribution >= 0.6 is 0 Å². The molecular weight excluding hydrogens is 172 g/mol. The van der Waals surface area contributed by atoms with Crippen molar-refractivity contribution >= 4 is 17.4 Å². The molecule has 1 aromatic rings. The van der Waals surface area contributed by atoms with Crippen molar-refractivity contribution in [2.45, 2.75) is 6.92 Å². The Balaban J connectivity index is 3.35. The average molecular weight is 180 g/mol. The summed E-state index contributed by atoms with van der Waals surface area (Å²) in [5, 5.41) is 8.65. The number of nitrogens with two attached hydrogens (primary N) is 1. The molecule has 0 aliphatic heterocycles. The fourth-order valence-corrected chi connectivity index (χ4v) is 0.940. The van der Waals surface area contributed by atoms with E-state index in [2.05, 4.69) is 4.98 Å². The quantitative estimate of drug-likeness (QED) is 0.648. The van der Waals surface area contributed by atoms with E-state index < -0.39 is 5.97 Å². The second kappa shape index (κ2) is 3.22. The number of hydrogen-bond acceptors (Lipinski definition) is 4. The van der Waals surface area contributed by atoms with Crippen molar-refractivity contribution in [2.75, 3.05) is 5.73 Å². The van der Waals surface area contributed by atoms with E-state index >= 15 is 0 Å². The van der Waals surface area contributed by atoms with E-state index in [0.717, 1.165) is 0 Å². The minimum Gasteiger partial charge on any atom is -0.478 e. The van der Waals surface area contributed by atoms with Gasteiger partial charge in [0.2, 0.25) is 0 Å². The van der Waals surface area contributed by atoms with Crippen LogP contribution in [0.4, 0.5) is 5.69 Å². The maximum Gasteiger partial charge on any atom is 0.337 e. The van der Waals surface area contributed by atoms with Crippen LogP contribution in [0.2, 0.25) is 0 Å². The van der Waals surface area contributed by atoms with Gasteiger partial charge in [0.1, 0.15) is 5.69 Å². The largest absolute Gasteiger partial charge is 0.478 e. The fraction of sp³-hybridized carbons (Fsp3) is 0.125. The molecule has 0 atom stereocenters. The number of carbonyl (C=O) groups is 2. The lowest BCUT2D eigenvalue weighted by molar-refractivity contribution is 0.0698. The van der Waals surface area contributed by atoms with E-state index in [0.29, 0.717) is 0 Å². The summed E-state index contributed by atoms with van der Waals surface area (Å²) < 4.78 is 0. The van der Waals surface area contributed by atoms with Gasteiger partial charge >= 0.3 is 5.97 Å². The van der Waals surface area contributed by atoms with E-state index in [1.54, 1.807) is 0 Å². The highest BCUT2D eigenvalue weighted by Crippen LogP contribution is 2.15. The lowest BCUT2D eigenvalue weighted by Gasteiger charge is -2.03. The van der Waals surface area contributed by atoms with Crippen LogP contribution in [0.15, 0.2) is 12.3 Å². The Kier molecular flexibility index (Phi) is 2.27. The van der Waals surface area contributed by atoms with E-state index in [4.69, 9.17) is 10.8 Å². The lowest BCUT2D eigenvalue weighted by Crippen LogP contribution is -2.09. The predicted octanol–water partition coefficient (Wildman–Crippen LogP) is 0.565. The summed E-state index contributed by atoms with van der Waals surface area (Å²) in [6.07, 6.45) is 1.25. The highest BCUT2D eigenvalue weighted by atomic mass is 16.4. The number of nitrogens with zero attached hydrogens (tertiary/aromatic N) is 1. The summed E-state index contributed by atoms with van der Waals surface area (Å²) in [6, 6.07) is 1.25. The monoisotopic (exact) mass is 180 g/mol. The molecule has 5 nitrogen and oxygen atoms in total. The molecule has 68 valence electrons. The first-order valence-corrected chi connectivity index (χ1v) is 3.52. The van der Waals surface area contributed by atoms with Crippen LogP contribution in [-0.2, 0) is 0 Å². The zero-order valence-electron chi connectivity index (χ0n) is 6.94. The van der Waals surface area contributed by atoms with Crippen molar-refractivity contribution in [3.63, 3.8) is 0 Å². The van der Waals surface area contributed by atoms with Gasteiger partial charge in [-0.2, -0.15) is 0 Å². The summed E-state index contributed by atoms with van der Waals surface area (Å²) in [4.78, 5) is 25.2. The minimum atomic E-state index is -1.16. The van der Waals surface area contributed by atoms with Crippen LogP contribution in [0.5, 0.6) is 0 Å². The number of Topliss-reactive ketones (excluding diaryl/α,β-unsaturated/α-hetero) is 1. The Morgan fingerprint density at radius 2 is 2.15 bits per heavy atom. The summed E-state index contributed by atoms with van der Waals surface area (Å²) in [6.45, 7) is 1.28. The van der Waals surface area contributed by atoms with Gasteiger partial charge in [0.05, 0.1) is 11.3 Å². The molecule has 5 heteroatoms. The molecule has 0 fully saturated rings. The summed E-state index contributed by atoms with van der Waals surface area (Å²) in [5.74, 6) is -1.51. The first-order valence-electron chi connectivity index (χ1n) is 3.52. The molecule has 3 N–H and O–H groups in total. The van der Waals surface area contributed by atoms with Gasteiger partial charge in [0.15, 0.2) is 5.78 Å². The number of nitrogen functional groups attached to an aromatic ring is 1. The van der Waals surface area contributed by atoms with Crippen LogP contribution in [0.3, 0.4) is 0 Å². The molecular formula is C8H8N2O3. The topological polar surface area (TPSA) is 93.3 Å². The number of ketones is 1. The van der Waals surface area contributed by atoms with Crippen LogP contribution < -0.4 is 5.73 Å². The number of anilines is 1. The molecule has 0 saturated heterocycles. The molecule has 0 bridgehead atoms. The van der Waals surface area contributed by atoms with Crippen LogP contribution in [0.1, 0.15) is 27.8 Å². The smallest absolute Gasteiger partial charge is 0.337 e. The van der Waals surface area contributed by atoms with E-state index in [-0.39, 0.29) is 22.7 Å². The van der Waals surface area contributed by atoms with Gasteiger partial charge in [0, 0.05) is 13.1 Å².